The van der Waals surface area contributed by atoms with E-state index in [9.17, 15) is 0 Å². The molecule has 0 aromatic rings. The molecular weight excluding hydrogens is 212 g/mol. The van der Waals surface area contributed by atoms with Gasteiger partial charge >= 0.3 is 0 Å². The Morgan fingerprint density at radius 2 is 1.59 bits per heavy atom. The van der Waals surface area contributed by atoms with E-state index >= 15 is 0 Å². The third kappa shape index (κ3) is 4.26. The van der Waals surface area contributed by atoms with Gasteiger partial charge in [0.25, 0.3) is 0 Å². The summed E-state index contributed by atoms with van der Waals surface area (Å²) in [4.78, 5) is 0. The fourth-order valence-electron chi connectivity index (χ4n) is 3.44. The van der Waals surface area contributed by atoms with E-state index in [4.69, 9.17) is 9.47 Å². The Balaban J connectivity index is 2.70. The minimum absolute atomic E-state index is 0.278. The van der Waals surface area contributed by atoms with Crippen molar-refractivity contribution in [1.82, 2.24) is 0 Å². The van der Waals surface area contributed by atoms with Crippen molar-refractivity contribution in [2.75, 3.05) is 27.4 Å². The van der Waals surface area contributed by atoms with Crippen LogP contribution in [0.15, 0.2) is 0 Å². The number of rotatable bonds is 8. The van der Waals surface area contributed by atoms with Crippen LogP contribution in [0.4, 0.5) is 0 Å². The van der Waals surface area contributed by atoms with Crippen LogP contribution in [0.25, 0.3) is 0 Å². The second-order valence-electron chi connectivity index (χ2n) is 5.67. The van der Waals surface area contributed by atoms with Gasteiger partial charge in [0.2, 0.25) is 0 Å². The minimum atomic E-state index is 0.278. The molecule has 2 nitrogen and oxygen atoms in total. The molecule has 0 aromatic carbocycles. The van der Waals surface area contributed by atoms with Crippen molar-refractivity contribution in [3.63, 3.8) is 0 Å². The quantitative estimate of drug-likeness (QED) is 0.639. The Hall–Kier alpha value is -0.0800. The molecule has 0 N–H and O–H groups in total. The van der Waals surface area contributed by atoms with Crippen molar-refractivity contribution in [2.45, 2.75) is 58.3 Å². The molecule has 1 saturated carbocycles. The Labute approximate surface area is 107 Å². The Bertz CT molecular complexity index is 179. The highest BCUT2D eigenvalue weighted by molar-refractivity contribution is 4.88. The first-order chi connectivity index (χ1) is 8.29. The third-order valence-corrected chi connectivity index (χ3v) is 4.36. The monoisotopic (exact) mass is 242 g/mol. The van der Waals surface area contributed by atoms with Crippen LogP contribution in [0.2, 0.25) is 0 Å². The van der Waals surface area contributed by atoms with Gasteiger partial charge in [0.1, 0.15) is 0 Å². The third-order valence-electron chi connectivity index (χ3n) is 4.36. The summed E-state index contributed by atoms with van der Waals surface area (Å²) in [6.07, 6.45) is 10.8. The number of ether oxygens (including phenoxy) is 2. The topological polar surface area (TPSA) is 18.5 Å². The van der Waals surface area contributed by atoms with E-state index in [0.717, 1.165) is 19.1 Å². The normalized spacial score (nSPS) is 18.5. The summed E-state index contributed by atoms with van der Waals surface area (Å²) in [7, 11) is 3.67. The molecule has 0 atom stereocenters. The van der Waals surface area contributed by atoms with Gasteiger partial charge < -0.3 is 9.47 Å². The first-order valence-electron chi connectivity index (χ1n) is 7.27. The van der Waals surface area contributed by atoms with E-state index in [2.05, 4.69) is 6.92 Å². The first kappa shape index (κ1) is 15.0. The molecule has 0 radical (unpaired) electrons. The maximum absolute atomic E-state index is 5.53. The molecule has 1 aliphatic carbocycles. The molecule has 1 fully saturated rings. The van der Waals surface area contributed by atoms with Gasteiger partial charge in [0.05, 0.1) is 13.2 Å². The van der Waals surface area contributed by atoms with Crippen molar-refractivity contribution in [3.8, 4) is 0 Å². The van der Waals surface area contributed by atoms with Gasteiger partial charge in [-0.15, -0.1) is 0 Å². The molecule has 0 aromatic heterocycles. The summed E-state index contributed by atoms with van der Waals surface area (Å²) in [5.74, 6) is 0.808. The van der Waals surface area contributed by atoms with E-state index in [0.29, 0.717) is 0 Å². The number of unbranched alkanes of at least 4 members (excludes halogenated alkanes) is 1. The highest BCUT2D eigenvalue weighted by Crippen LogP contribution is 2.42. The molecular formula is C15H30O2. The van der Waals surface area contributed by atoms with Crippen LogP contribution in [0, 0.1) is 11.3 Å². The summed E-state index contributed by atoms with van der Waals surface area (Å²) < 4.78 is 11.1. The summed E-state index contributed by atoms with van der Waals surface area (Å²) in [6.45, 7) is 4.00. The van der Waals surface area contributed by atoms with Crippen molar-refractivity contribution in [2.24, 2.45) is 11.3 Å². The largest absolute Gasteiger partial charge is 0.384 e. The van der Waals surface area contributed by atoms with Gasteiger partial charge in [-0.25, -0.2) is 0 Å². The van der Waals surface area contributed by atoms with Crippen LogP contribution in [-0.4, -0.2) is 27.4 Å². The number of hydrogen-bond donors (Lipinski definition) is 0. The molecule has 102 valence electrons. The Morgan fingerprint density at radius 1 is 1.00 bits per heavy atom. The molecule has 0 saturated heterocycles. The van der Waals surface area contributed by atoms with Crippen LogP contribution in [0.1, 0.15) is 58.3 Å². The summed E-state index contributed by atoms with van der Waals surface area (Å²) in [5, 5.41) is 0. The van der Waals surface area contributed by atoms with Crippen LogP contribution in [-0.2, 0) is 9.47 Å². The lowest BCUT2D eigenvalue weighted by Gasteiger charge is -2.42. The standard InChI is InChI=1S/C15H30O2/c1-4-5-11-15(12-16-2,13-17-3)14-9-7-6-8-10-14/h14H,4-13H2,1-3H3. The zero-order valence-corrected chi connectivity index (χ0v) is 12.0. The van der Waals surface area contributed by atoms with Crippen LogP contribution in [0.5, 0.6) is 0 Å². The maximum Gasteiger partial charge on any atom is 0.0543 e. The lowest BCUT2D eigenvalue weighted by atomic mass is 9.67. The minimum Gasteiger partial charge on any atom is -0.384 e. The summed E-state index contributed by atoms with van der Waals surface area (Å²) >= 11 is 0. The Kier molecular flexibility index (Phi) is 7.14. The molecule has 0 spiro atoms. The highest BCUT2D eigenvalue weighted by atomic mass is 16.5. The van der Waals surface area contributed by atoms with Crippen LogP contribution < -0.4 is 0 Å². The SMILES string of the molecule is CCCCC(COC)(COC)C1CCCCC1. The van der Waals surface area contributed by atoms with Crippen molar-refractivity contribution in [3.05, 3.63) is 0 Å². The molecule has 0 unspecified atom stereocenters. The molecule has 0 amide bonds. The highest BCUT2D eigenvalue weighted by Gasteiger charge is 2.38. The predicted molar refractivity (Wildman–Crippen MR) is 72.3 cm³/mol. The van der Waals surface area contributed by atoms with E-state index in [1.54, 1.807) is 0 Å². The fourth-order valence-corrected chi connectivity index (χ4v) is 3.44. The fraction of sp³-hybridized carbons (Fsp3) is 1.00. The van der Waals surface area contributed by atoms with Gasteiger partial charge in [-0.2, -0.15) is 0 Å². The smallest absolute Gasteiger partial charge is 0.0543 e. The van der Waals surface area contributed by atoms with Gasteiger partial charge in [-0.1, -0.05) is 39.0 Å². The molecule has 0 aliphatic heterocycles. The average molecular weight is 242 g/mol. The van der Waals surface area contributed by atoms with Gasteiger partial charge in [0, 0.05) is 19.6 Å². The van der Waals surface area contributed by atoms with Crippen LogP contribution in [0.3, 0.4) is 0 Å². The molecule has 0 bridgehead atoms. The molecule has 2 heteroatoms. The molecule has 1 rings (SSSR count). The number of methoxy groups -OCH3 is 2. The molecule has 0 heterocycles. The predicted octanol–water partition coefficient (Wildman–Crippen LogP) is 4.04. The zero-order chi connectivity index (χ0) is 12.6. The van der Waals surface area contributed by atoms with Crippen LogP contribution >= 0.6 is 0 Å². The van der Waals surface area contributed by atoms with Crippen molar-refractivity contribution < 1.29 is 9.47 Å². The molecule has 17 heavy (non-hydrogen) atoms. The van der Waals surface area contributed by atoms with E-state index < -0.39 is 0 Å². The van der Waals surface area contributed by atoms with E-state index in [-0.39, 0.29) is 5.41 Å². The summed E-state index contributed by atoms with van der Waals surface area (Å²) in [5.41, 5.74) is 0.278. The maximum atomic E-state index is 5.53. The van der Waals surface area contributed by atoms with Crippen molar-refractivity contribution in [1.29, 1.82) is 0 Å². The second-order valence-corrected chi connectivity index (χ2v) is 5.67. The first-order valence-corrected chi connectivity index (χ1v) is 7.27. The van der Waals surface area contributed by atoms with Gasteiger partial charge in [-0.3, -0.25) is 0 Å². The van der Waals surface area contributed by atoms with Gasteiger partial charge in [-0.05, 0) is 25.2 Å². The van der Waals surface area contributed by atoms with Crippen molar-refractivity contribution >= 4 is 0 Å². The second kappa shape index (κ2) is 8.10. The lowest BCUT2D eigenvalue weighted by Crippen LogP contribution is -2.40. The molecule has 1 aliphatic rings. The lowest BCUT2D eigenvalue weighted by molar-refractivity contribution is -0.0474. The van der Waals surface area contributed by atoms with Gasteiger partial charge in [0.15, 0.2) is 0 Å². The summed E-state index contributed by atoms with van der Waals surface area (Å²) in [6, 6.07) is 0. The average Bonchev–Trinajstić information content (AvgIpc) is 2.37. The zero-order valence-electron chi connectivity index (χ0n) is 12.0. The Morgan fingerprint density at radius 3 is 2.06 bits per heavy atom. The van der Waals surface area contributed by atoms with E-state index in [1.165, 1.54) is 51.4 Å². The number of hydrogen-bond acceptors (Lipinski definition) is 2. The van der Waals surface area contributed by atoms with E-state index in [1.807, 2.05) is 14.2 Å².